The molecule has 2 atom stereocenters. The van der Waals surface area contributed by atoms with Crippen molar-refractivity contribution in [2.45, 2.75) is 64.3 Å². The molecule has 1 heterocycles. The first-order chi connectivity index (χ1) is 13.0. The summed E-state index contributed by atoms with van der Waals surface area (Å²) in [4.78, 5) is 27.4. The number of pyridine rings is 1. The van der Waals surface area contributed by atoms with E-state index < -0.39 is 30.3 Å². The van der Waals surface area contributed by atoms with E-state index in [-0.39, 0.29) is 23.6 Å². The predicted octanol–water partition coefficient (Wildman–Crippen LogP) is 3.28. The third kappa shape index (κ3) is 6.28. The fourth-order valence-electron chi connectivity index (χ4n) is 2.51. The molecule has 0 radical (unpaired) electrons. The molecule has 10 heteroatoms. The van der Waals surface area contributed by atoms with Crippen molar-refractivity contribution in [2.24, 2.45) is 11.7 Å². The Balaban J connectivity index is 2.12. The fraction of sp³-hybridized carbons (Fsp3) is 0.611. The van der Waals surface area contributed by atoms with Crippen molar-refractivity contribution in [1.82, 2.24) is 10.3 Å². The van der Waals surface area contributed by atoms with Gasteiger partial charge in [-0.3, -0.25) is 4.79 Å². The number of hydrogen-bond acceptors (Lipinski definition) is 5. The molecule has 0 aliphatic heterocycles. The van der Waals surface area contributed by atoms with Crippen molar-refractivity contribution in [3.05, 3.63) is 17.7 Å². The topological polar surface area (TPSA) is 104 Å². The number of nitrogens with zero attached hydrogens (tertiary/aromatic N) is 1. The third-order valence-electron chi connectivity index (χ3n) is 4.17. The standard InChI is InChI=1S/C18H24F3N3O4/c1-9(2)8-13(15(22)25)23-17(26)28-14-7-6-12(11-4-5-11)16(24-14)27-10(3)18(19,20)21/h6-7,9-11,13H,4-5,8H2,1-3H3,(H2,22,25)(H,23,26)/t10?,13-/m0/s1. The van der Waals surface area contributed by atoms with E-state index in [0.717, 1.165) is 19.8 Å². The highest BCUT2D eigenvalue weighted by molar-refractivity contribution is 5.84. The number of halogens is 3. The van der Waals surface area contributed by atoms with Gasteiger partial charge in [-0.2, -0.15) is 18.2 Å². The number of rotatable bonds is 8. The van der Waals surface area contributed by atoms with Crippen LogP contribution in [0.1, 0.15) is 51.5 Å². The molecule has 1 saturated carbocycles. The molecular weight excluding hydrogens is 379 g/mol. The Kier molecular flexibility index (Phi) is 6.73. The predicted molar refractivity (Wildman–Crippen MR) is 94.0 cm³/mol. The Morgan fingerprint density at radius 2 is 1.93 bits per heavy atom. The Morgan fingerprint density at radius 3 is 2.43 bits per heavy atom. The second kappa shape index (κ2) is 8.66. The van der Waals surface area contributed by atoms with E-state index in [0.29, 0.717) is 12.0 Å². The van der Waals surface area contributed by atoms with Crippen LogP contribution >= 0.6 is 0 Å². The van der Waals surface area contributed by atoms with Gasteiger partial charge in [-0.1, -0.05) is 13.8 Å². The van der Waals surface area contributed by atoms with Gasteiger partial charge in [0.1, 0.15) is 6.04 Å². The van der Waals surface area contributed by atoms with Gasteiger partial charge in [-0.15, -0.1) is 0 Å². The van der Waals surface area contributed by atoms with Gasteiger partial charge >= 0.3 is 12.3 Å². The van der Waals surface area contributed by atoms with E-state index in [1.165, 1.54) is 12.1 Å². The van der Waals surface area contributed by atoms with Crippen molar-refractivity contribution < 1.29 is 32.2 Å². The van der Waals surface area contributed by atoms with Crippen molar-refractivity contribution in [3.63, 3.8) is 0 Å². The molecule has 1 aromatic rings. The number of ether oxygens (including phenoxy) is 2. The molecule has 0 saturated heterocycles. The highest BCUT2D eigenvalue weighted by Crippen LogP contribution is 2.44. The lowest BCUT2D eigenvalue weighted by atomic mass is 10.0. The molecule has 156 valence electrons. The van der Waals surface area contributed by atoms with Crippen LogP contribution in [0.15, 0.2) is 12.1 Å². The van der Waals surface area contributed by atoms with Gasteiger partial charge in [0.25, 0.3) is 0 Å². The van der Waals surface area contributed by atoms with Gasteiger partial charge in [0, 0.05) is 11.6 Å². The monoisotopic (exact) mass is 403 g/mol. The van der Waals surface area contributed by atoms with Crippen LogP contribution in [0.4, 0.5) is 18.0 Å². The SMILES string of the molecule is CC(C)C[C@H](NC(=O)Oc1ccc(C2CC2)c(OC(C)C(F)(F)F)n1)C(N)=O. The number of carbonyl (C=O) groups is 2. The highest BCUT2D eigenvalue weighted by atomic mass is 19.4. The average molecular weight is 403 g/mol. The van der Waals surface area contributed by atoms with Crippen LogP contribution in [0.2, 0.25) is 0 Å². The van der Waals surface area contributed by atoms with Crippen molar-refractivity contribution >= 4 is 12.0 Å². The Labute approximate surface area is 160 Å². The van der Waals surface area contributed by atoms with Crippen molar-refractivity contribution in [2.75, 3.05) is 0 Å². The zero-order valence-electron chi connectivity index (χ0n) is 15.9. The summed E-state index contributed by atoms with van der Waals surface area (Å²) in [5, 5.41) is 2.33. The zero-order chi connectivity index (χ0) is 21.1. The number of primary amides is 1. The van der Waals surface area contributed by atoms with Crippen LogP contribution in [0.3, 0.4) is 0 Å². The van der Waals surface area contributed by atoms with Gasteiger partial charge in [0.05, 0.1) is 0 Å². The molecule has 1 aliphatic carbocycles. The Bertz CT molecular complexity index is 721. The summed E-state index contributed by atoms with van der Waals surface area (Å²) in [5.41, 5.74) is 5.80. The van der Waals surface area contributed by atoms with Gasteiger partial charge in [-0.05, 0) is 44.1 Å². The van der Waals surface area contributed by atoms with Crippen LogP contribution in [0.25, 0.3) is 0 Å². The summed E-state index contributed by atoms with van der Waals surface area (Å²) in [6.45, 7) is 4.58. The fourth-order valence-corrected chi connectivity index (χ4v) is 2.51. The summed E-state index contributed by atoms with van der Waals surface area (Å²) < 4.78 is 48.5. The molecule has 1 fully saturated rings. The molecule has 3 N–H and O–H groups in total. The quantitative estimate of drug-likeness (QED) is 0.693. The van der Waals surface area contributed by atoms with Crippen molar-refractivity contribution in [3.8, 4) is 11.8 Å². The van der Waals surface area contributed by atoms with Gasteiger partial charge < -0.3 is 20.5 Å². The van der Waals surface area contributed by atoms with Crippen LogP contribution in [0, 0.1) is 5.92 Å². The van der Waals surface area contributed by atoms with E-state index in [1.807, 2.05) is 13.8 Å². The average Bonchev–Trinajstić information content (AvgIpc) is 3.37. The normalized spacial score (nSPS) is 16.4. The van der Waals surface area contributed by atoms with E-state index in [4.69, 9.17) is 15.2 Å². The van der Waals surface area contributed by atoms with E-state index in [2.05, 4.69) is 10.3 Å². The minimum Gasteiger partial charge on any atom is -0.465 e. The molecule has 2 amide bonds. The molecule has 28 heavy (non-hydrogen) atoms. The van der Waals surface area contributed by atoms with Gasteiger partial charge in [0.2, 0.25) is 17.7 Å². The second-order valence-electron chi connectivity index (χ2n) is 7.24. The maximum atomic E-state index is 12.8. The number of hydrogen-bond donors (Lipinski definition) is 2. The van der Waals surface area contributed by atoms with Crippen LogP contribution in [-0.4, -0.2) is 35.3 Å². The lowest BCUT2D eigenvalue weighted by molar-refractivity contribution is -0.190. The number of aromatic nitrogens is 1. The minimum absolute atomic E-state index is 0.0797. The zero-order valence-corrected chi connectivity index (χ0v) is 15.9. The lowest BCUT2D eigenvalue weighted by Gasteiger charge is -2.20. The molecular formula is C18H24F3N3O4. The van der Waals surface area contributed by atoms with Crippen LogP contribution < -0.4 is 20.5 Å². The molecule has 1 aromatic heterocycles. The lowest BCUT2D eigenvalue weighted by Crippen LogP contribution is -2.46. The first kappa shape index (κ1) is 21.8. The number of alkyl halides is 3. The molecule has 0 aromatic carbocycles. The van der Waals surface area contributed by atoms with Crippen LogP contribution in [0.5, 0.6) is 11.8 Å². The summed E-state index contributed by atoms with van der Waals surface area (Å²) in [5.74, 6) is -0.996. The van der Waals surface area contributed by atoms with E-state index in [9.17, 15) is 22.8 Å². The van der Waals surface area contributed by atoms with Crippen molar-refractivity contribution in [1.29, 1.82) is 0 Å². The maximum absolute atomic E-state index is 12.8. The number of nitrogens with one attached hydrogen (secondary N) is 1. The number of carbonyl (C=O) groups excluding carboxylic acids is 2. The Hall–Kier alpha value is -2.52. The largest absolute Gasteiger partial charge is 0.465 e. The molecule has 2 rings (SSSR count). The molecule has 7 nitrogen and oxygen atoms in total. The Morgan fingerprint density at radius 1 is 1.29 bits per heavy atom. The molecule has 0 spiro atoms. The summed E-state index contributed by atoms with van der Waals surface area (Å²) in [6.07, 6.45) is -5.63. The van der Waals surface area contributed by atoms with Crippen LogP contribution in [-0.2, 0) is 4.79 Å². The molecule has 0 bridgehead atoms. The smallest absolute Gasteiger partial charge is 0.425 e. The number of nitrogens with two attached hydrogens (primary N) is 1. The first-order valence-corrected chi connectivity index (χ1v) is 8.99. The number of amides is 2. The van der Waals surface area contributed by atoms with E-state index in [1.54, 1.807) is 0 Å². The summed E-state index contributed by atoms with van der Waals surface area (Å²) >= 11 is 0. The highest BCUT2D eigenvalue weighted by Gasteiger charge is 2.39. The molecule has 1 aliphatic rings. The second-order valence-corrected chi connectivity index (χ2v) is 7.24. The minimum atomic E-state index is -4.55. The third-order valence-corrected chi connectivity index (χ3v) is 4.17. The van der Waals surface area contributed by atoms with Gasteiger partial charge in [-0.25, -0.2) is 4.79 Å². The maximum Gasteiger partial charge on any atom is 0.425 e. The summed E-state index contributed by atoms with van der Waals surface area (Å²) in [7, 11) is 0. The summed E-state index contributed by atoms with van der Waals surface area (Å²) in [6, 6.07) is 1.98. The van der Waals surface area contributed by atoms with Gasteiger partial charge in [0.15, 0.2) is 6.10 Å². The molecule has 1 unspecified atom stereocenters. The van der Waals surface area contributed by atoms with E-state index >= 15 is 0 Å². The first-order valence-electron chi connectivity index (χ1n) is 8.99.